The highest BCUT2D eigenvalue weighted by Crippen LogP contribution is 2.38. The summed E-state index contributed by atoms with van der Waals surface area (Å²) in [5, 5.41) is 2.72. The van der Waals surface area contributed by atoms with Crippen LogP contribution in [0.5, 0.6) is 0 Å². The Kier molecular flexibility index (Phi) is 3.71. The van der Waals surface area contributed by atoms with Crippen LogP contribution in [-0.4, -0.2) is 47.9 Å². The molecule has 126 valence electrons. The SMILES string of the molecule is CC1(C)OCC2(CO1)CN(C(=O)c1csc(-c3ccccc3)n1)C2. The van der Waals surface area contributed by atoms with E-state index in [4.69, 9.17) is 9.47 Å². The van der Waals surface area contributed by atoms with Crippen LogP contribution in [0.3, 0.4) is 0 Å². The monoisotopic (exact) mass is 344 g/mol. The van der Waals surface area contributed by atoms with Crippen molar-refractivity contribution in [2.24, 2.45) is 5.41 Å². The first-order chi connectivity index (χ1) is 11.5. The van der Waals surface area contributed by atoms with Gasteiger partial charge < -0.3 is 14.4 Å². The number of ether oxygens (including phenoxy) is 2. The van der Waals surface area contributed by atoms with Crippen LogP contribution in [0.25, 0.3) is 10.6 Å². The Morgan fingerprint density at radius 3 is 2.50 bits per heavy atom. The van der Waals surface area contributed by atoms with E-state index in [0.29, 0.717) is 32.0 Å². The van der Waals surface area contributed by atoms with Gasteiger partial charge in [0.05, 0.1) is 18.6 Å². The zero-order chi connectivity index (χ0) is 16.8. The summed E-state index contributed by atoms with van der Waals surface area (Å²) in [7, 11) is 0. The zero-order valence-electron chi connectivity index (χ0n) is 13.8. The summed E-state index contributed by atoms with van der Waals surface area (Å²) in [5.41, 5.74) is 1.51. The lowest BCUT2D eigenvalue weighted by Gasteiger charge is -2.53. The average Bonchev–Trinajstić information content (AvgIpc) is 3.03. The summed E-state index contributed by atoms with van der Waals surface area (Å²) >= 11 is 1.50. The molecule has 0 saturated carbocycles. The normalized spacial score (nSPS) is 21.5. The van der Waals surface area contributed by atoms with E-state index in [0.717, 1.165) is 10.6 Å². The molecule has 2 aliphatic rings. The van der Waals surface area contributed by atoms with Gasteiger partial charge in [0, 0.05) is 24.0 Å². The molecule has 6 heteroatoms. The van der Waals surface area contributed by atoms with Crippen LogP contribution in [0.4, 0.5) is 0 Å². The number of amides is 1. The molecule has 2 aliphatic heterocycles. The van der Waals surface area contributed by atoms with Crippen molar-refractivity contribution in [3.05, 3.63) is 41.4 Å². The molecule has 1 spiro atoms. The van der Waals surface area contributed by atoms with Crippen molar-refractivity contribution in [3.63, 3.8) is 0 Å². The smallest absolute Gasteiger partial charge is 0.273 e. The number of aromatic nitrogens is 1. The molecule has 0 unspecified atom stereocenters. The topological polar surface area (TPSA) is 51.7 Å². The van der Waals surface area contributed by atoms with Crippen LogP contribution in [0, 0.1) is 5.41 Å². The van der Waals surface area contributed by atoms with Crippen molar-refractivity contribution in [2.75, 3.05) is 26.3 Å². The molecule has 1 aromatic heterocycles. The van der Waals surface area contributed by atoms with Gasteiger partial charge in [-0.3, -0.25) is 4.79 Å². The van der Waals surface area contributed by atoms with Crippen molar-refractivity contribution in [3.8, 4) is 10.6 Å². The van der Waals surface area contributed by atoms with Crippen molar-refractivity contribution in [1.82, 2.24) is 9.88 Å². The first kappa shape index (κ1) is 15.7. The summed E-state index contributed by atoms with van der Waals surface area (Å²) < 4.78 is 11.5. The Morgan fingerprint density at radius 2 is 1.83 bits per heavy atom. The highest BCUT2D eigenvalue weighted by atomic mass is 32.1. The predicted octanol–water partition coefficient (Wildman–Crippen LogP) is 3.04. The van der Waals surface area contributed by atoms with Gasteiger partial charge >= 0.3 is 0 Å². The van der Waals surface area contributed by atoms with E-state index in [-0.39, 0.29) is 11.3 Å². The third-order valence-electron chi connectivity index (χ3n) is 4.54. The second-order valence-electron chi connectivity index (χ2n) is 7.04. The van der Waals surface area contributed by atoms with E-state index < -0.39 is 5.79 Å². The second kappa shape index (κ2) is 5.65. The molecule has 2 saturated heterocycles. The highest BCUT2D eigenvalue weighted by molar-refractivity contribution is 7.13. The maximum atomic E-state index is 12.6. The van der Waals surface area contributed by atoms with Crippen LogP contribution in [0.2, 0.25) is 0 Å². The number of thiazole rings is 1. The molecule has 0 radical (unpaired) electrons. The molecule has 0 aliphatic carbocycles. The number of likely N-dealkylation sites (tertiary alicyclic amines) is 1. The van der Waals surface area contributed by atoms with E-state index in [1.54, 1.807) is 0 Å². The first-order valence-electron chi connectivity index (χ1n) is 8.05. The van der Waals surface area contributed by atoms with Crippen LogP contribution >= 0.6 is 11.3 Å². The lowest BCUT2D eigenvalue weighted by Crippen LogP contribution is -2.65. The van der Waals surface area contributed by atoms with Crippen molar-refractivity contribution in [2.45, 2.75) is 19.6 Å². The third-order valence-corrected chi connectivity index (χ3v) is 5.43. The van der Waals surface area contributed by atoms with Crippen molar-refractivity contribution >= 4 is 17.2 Å². The van der Waals surface area contributed by atoms with Crippen LogP contribution in [-0.2, 0) is 9.47 Å². The molecular formula is C18H20N2O3S. The van der Waals surface area contributed by atoms with Gasteiger partial charge in [0.25, 0.3) is 5.91 Å². The van der Waals surface area contributed by atoms with E-state index in [2.05, 4.69) is 4.98 Å². The number of nitrogens with zero attached hydrogens (tertiary/aromatic N) is 2. The average molecular weight is 344 g/mol. The number of carbonyl (C=O) groups is 1. The molecule has 5 nitrogen and oxygen atoms in total. The van der Waals surface area contributed by atoms with Gasteiger partial charge in [-0.05, 0) is 13.8 Å². The Hall–Kier alpha value is -1.76. The largest absolute Gasteiger partial charge is 0.350 e. The quantitative estimate of drug-likeness (QED) is 0.840. The Morgan fingerprint density at radius 1 is 1.17 bits per heavy atom. The van der Waals surface area contributed by atoms with Crippen LogP contribution < -0.4 is 0 Å². The van der Waals surface area contributed by atoms with Gasteiger partial charge in [-0.2, -0.15) is 0 Å². The van der Waals surface area contributed by atoms with E-state index >= 15 is 0 Å². The van der Waals surface area contributed by atoms with E-state index in [9.17, 15) is 4.79 Å². The third kappa shape index (κ3) is 2.85. The maximum absolute atomic E-state index is 12.6. The summed E-state index contributed by atoms with van der Waals surface area (Å²) in [4.78, 5) is 18.9. The fraction of sp³-hybridized carbons (Fsp3) is 0.444. The second-order valence-corrected chi connectivity index (χ2v) is 7.90. The number of hydrogen-bond donors (Lipinski definition) is 0. The Balaban J connectivity index is 1.41. The standard InChI is InChI=1S/C18H20N2O3S/c1-17(2)22-11-18(12-23-17)9-20(10-18)16(21)14-8-24-15(19-14)13-6-4-3-5-7-13/h3-8H,9-12H2,1-2H3. The molecule has 1 amide bonds. The fourth-order valence-electron chi connectivity index (χ4n) is 3.07. The predicted molar refractivity (Wildman–Crippen MR) is 91.9 cm³/mol. The minimum atomic E-state index is -0.519. The minimum absolute atomic E-state index is 0.0103. The lowest BCUT2D eigenvalue weighted by atomic mass is 9.80. The zero-order valence-corrected chi connectivity index (χ0v) is 14.6. The van der Waals surface area contributed by atoms with Gasteiger partial charge in [-0.25, -0.2) is 4.98 Å². The first-order valence-corrected chi connectivity index (χ1v) is 8.93. The summed E-state index contributed by atoms with van der Waals surface area (Å²) in [6.45, 7) is 6.44. The number of carbonyl (C=O) groups excluding carboxylic acids is 1. The molecule has 4 rings (SSSR count). The molecule has 0 N–H and O–H groups in total. The summed E-state index contributed by atoms with van der Waals surface area (Å²) in [6, 6.07) is 9.93. The van der Waals surface area contributed by atoms with Gasteiger partial charge in [0.1, 0.15) is 10.7 Å². The number of benzene rings is 1. The summed E-state index contributed by atoms with van der Waals surface area (Å²) in [6.07, 6.45) is 0. The van der Waals surface area contributed by atoms with Gasteiger partial charge in [0.2, 0.25) is 0 Å². The van der Waals surface area contributed by atoms with Crippen LogP contribution in [0.15, 0.2) is 35.7 Å². The van der Waals surface area contributed by atoms with Crippen LogP contribution in [0.1, 0.15) is 24.3 Å². The molecule has 24 heavy (non-hydrogen) atoms. The van der Waals surface area contributed by atoms with E-state index in [1.807, 2.05) is 54.5 Å². The number of rotatable bonds is 2. The number of hydrogen-bond acceptors (Lipinski definition) is 5. The van der Waals surface area contributed by atoms with Crippen molar-refractivity contribution in [1.29, 1.82) is 0 Å². The van der Waals surface area contributed by atoms with E-state index in [1.165, 1.54) is 11.3 Å². The molecule has 2 fully saturated rings. The molecule has 0 bridgehead atoms. The highest BCUT2D eigenvalue weighted by Gasteiger charge is 2.50. The van der Waals surface area contributed by atoms with Gasteiger partial charge in [0.15, 0.2) is 5.79 Å². The molecule has 1 aromatic carbocycles. The molecule has 0 atom stereocenters. The van der Waals surface area contributed by atoms with Gasteiger partial charge in [-0.1, -0.05) is 30.3 Å². The maximum Gasteiger partial charge on any atom is 0.273 e. The lowest BCUT2D eigenvalue weighted by molar-refractivity contribution is -0.301. The molecule has 2 aromatic rings. The summed E-state index contributed by atoms with van der Waals surface area (Å²) in [5.74, 6) is -0.529. The van der Waals surface area contributed by atoms with Gasteiger partial charge in [-0.15, -0.1) is 11.3 Å². The van der Waals surface area contributed by atoms with Crippen molar-refractivity contribution < 1.29 is 14.3 Å². The molecule has 3 heterocycles. The Bertz CT molecular complexity index is 739. The molecular weight excluding hydrogens is 324 g/mol. The Labute approximate surface area is 145 Å². The fourth-order valence-corrected chi connectivity index (χ4v) is 3.87. The minimum Gasteiger partial charge on any atom is -0.350 e.